The number of rotatable bonds is 9. The maximum absolute atomic E-state index is 15.2. The summed E-state index contributed by atoms with van der Waals surface area (Å²) in [5.41, 5.74) is -3.42. The molecule has 0 aliphatic carbocycles. The zero-order valence-electron chi connectivity index (χ0n) is 22.2. The van der Waals surface area contributed by atoms with Crippen LogP contribution in [-0.2, 0) is 18.7 Å². The highest BCUT2D eigenvalue weighted by molar-refractivity contribution is 6.33. The largest absolute Gasteiger partial charge is 0.432 e. The molecule has 0 saturated carbocycles. The topological polar surface area (TPSA) is 9.23 Å². The van der Waals surface area contributed by atoms with Gasteiger partial charge in [-0.15, -0.1) is 0 Å². The van der Waals surface area contributed by atoms with Crippen molar-refractivity contribution in [1.82, 2.24) is 0 Å². The maximum atomic E-state index is 15.2. The normalized spacial score (nSPS) is 12.1. The Morgan fingerprint density at radius 3 is 1.67 bits per heavy atom. The first-order chi connectivity index (χ1) is 20.1. The van der Waals surface area contributed by atoms with E-state index in [1.807, 2.05) is 12.1 Å². The Morgan fingerprint density at radius 2 is 1.16 bits per heavy atom. The van der Waals surface area contributed by atoms with Gasteiger partial charge in [-0.25, -0.2) is 22.0 Å². The van der Waals surface area contributed by atoms with Crippen LogP contribution < -0.4 is 4.74 Å². The number of unbranched alkanes of at least 4 members (excludes halogenated alkanes) is 2. The van der Waals surface area contributed by atoms with E-state index < -0.39 is 69.4 Å². The Morgan fingerprint density at radius 1 is 0.628 bits per heavy atom. The zero-order valence-corrected chi connectivity index (χ0v) is 22.9. The van der Waals surface area contributed by atoms with Crippen molar-refractivity contribution in [3.63, 3.8) is 0 Å². The fourth-order valence-corrected chi connectivity index (χ4v) is 4.85. The number of aryl methyl sites for hydroxylation is 1. The van der Waals surface area contributed by atoms with Crippen LogP contribution in [0.25, 0.3) is 22.3 Å². The molecule has 0 amide bonds. The fourth-order valence-electron chi connectivity index (χ4n) is 4.53. The number of halogens is 11. The fraction of sp³-hybridized carbons (Fsp3) is 0.226. The SMILES string of the molecule is CCCCCc1ccc(-c2cc(F)c(-c3cc(F)c(C(F)(F)Oc4cc(F)c(C(F)(F)F)c(F)c4)c(F)c3)c(Cl)c2)cc1. The molecule has 4 aromatic carbocycles. The van der Waals surface area contributed by atoms with Gasteiger partial charge in [-0.05, 0) is 59.4 Å². The number of benzene rings is 4. The molecule has 4 rings (SSSR count). The van der Waals surface area contributed by atoms with Gasteiger partial charge in [-0.3, -0.25) is 0 Å². The van der Waals surface area contributed by atoms with Crippen molar-refractivity contribution < 1.29 is 48.6 Å². The molecular formula is C31H21ClF10O. The van der Waals surface area contributed by atoms with Crippen LogP contribution in [0.15, 0.2) is 60.7 Å². The van der Waals surface area contributed by atoms with Gasteiger partial charge in [0.05, 0.1) is 5.02 Å². The molecule has 0 saturated heterocycles. The lowest BCUT2D eigenvalue weighted by molar-refractivity contribution is -0.189. The van der Waals surface area contributed by atoms with Crippen molar-refractivity contribution in [3.8, 4) is 28.0 Å². The first-order valence-corrected chi connectivity index (χ1v) is 13.2. The highest BCUT2D eigenvalue weighted by Gasteiger charge is 2.43. The molecule has 43 heavy (non-hydrogen) atoms. The molecular weight excluding hydrogens is 614 g/mol. The van der Waals surface area contributed by atoms with Crippen molar-refractivity contribution in [2.24, 2.45) is 0 Å². The molecule has 0 fully saturated rings. The average molecular weight is 635 g/mol. The minimum Gasteiger partial charge on any atom is -0.429 e. The Balaban J connectivity index is 1.63. The quantitative estimate of drug-likeness (QED) is 0.131. The molecule has 0 spiro atoms. The van der Waals surface area contributed by atoms with E-state index in [0.717, 1.165) is 37.3 Å². The lowest BCUT2D eigenvalue weighted by Gasteiger charge is -2.21. The van der Waals surface area contributed by atoms with E-state index >= 15 is 4.39 Å². The lowest BCUT2D eigenvalue weighted by atomic mass is 9.97. The van der Waals surface area contributed by atoms with Gasteiger partial charge in [0.15, 0.2) is 0 Å². The number of ether oxygens (including phenoxy) is 1. The standard InChI is InChI=1S/C31H21ClF10O/c1-2-3-4-5-16-6-8-17(9-7-16)18-10-21(32)27(22(33)11-18)19-12-23(34)29(24(35)13-19)31(41,42)43-20-14-25(36)28(26(37)15-20)30(38,39)40/h6-15H,2-5H2,1H3. The molecule has 0 aliphatic heterocycles. The van der Waals surface area contributed by atoms with Gasteiger partial charge in [0, 0.05) is 17.7 Å². The van der Waals surface area contributed by atoms with Crippen LogP contribution in [0.1, 0.15) is 42.9 Å². The van der Waals surface area contributed by atoms with Gasteiger partial charge in [-0.1, -0.05) is 55.6 Å². The molecule has 0 atom stereocenters. The van der Waals surface area contributed by atoms with E-state index in [1.165, 1.54) is 6.07 Å². The van der Waals surface area contributed by atoms with Crippen molar-refractivity contribution in [2.75, 3.05) is 0 Å². The van der Waals surface area contributed by atoms with E-state index in [1.54, 1.807) is 12.1 Å². The average Bonchev–Trinajstić information content (AvgIpc) is 2.86. The van der Waals surface area contributed by atoms with E-state index in [0.29, 0.717) is 23.3 Å². The molecule has 0 radical (unpaired) electrons. The molecule has 228 valence electrons. The first-order valence-electron chi connectivity index (χ1n) is 12.8. The third-order valence-corrected chi connectivity index (χ3v) is 6.86. The summed E-state index contributed by atoms with van der Waals surface area (Å²) in [4.78, 5) is 0. The highest BCUT2D eigenvalue weighted by Crippen LogP contribution is 2.42. The monoisotopic (exact) mass is 634 g/mol. The summed E-state index contributed by atoms with van der Waals surface area (Å²) < 4.78 is 144. The third kappa shape index (κ3) is 7.09. The number of hydrogen-bond donors (Lipinski definition) is 0. The molecule has 0 heterocycles. The maximum Gasteiger partial charge on any atom is 0.432 e. The molecule has 0 bridgehead atoms. The summed E-state index contributed by atoms with van der Waals surface area (Å²) >= 11 is 6.24. The molecule has 4 aromatic rings. The predicted molar refractivity (Wildman–Crippen MR) is 141 cm³/mol. The van der Waals surface area contributed by atoms with E-state index in [2.05, 4.69) is 11.7 Å². The minimum absolute atomic E-state index is 0.208. The van der Waals surface area contributed by atoms with Gasteiger partial charge >= 0.3 is 12.3 Å². The summed E-state index contributed by atoms with van der Waals surface area (Å²) in [6, 6.07) is 9.95. The molecule has 0 unspecified atom stereocenters. The number of hydrogen-bond acceptors (Lipinski definition) is 1. The van der Waals surface area contributed by atoms with Crippen molar-refractivity contribution in [1.29, 1.82) is 0 Å². The van der Waals surface area contributed by atoms with Crippen LogP contribution in [-0.4, -0.2) is 0 Å². The molecule has 12 heteroatoms. The van der Waals surface area contributed by atoms with Gasteiger partial charge in [-0.2, -0.15) is 22.0 Å². The second kappa shape index (κ2) is 12.5. The predicted octanol–water partition coefficient (Wildman–Crippen LogP) is 11.2. The lowest BCUT2D eigenvalue weighted by Crippen LogP contribution is -2.25. The zero-order chi connectivity index (χ0) is 31.7. The Hall–Kier alpha value is -3.73. The molecule has 0 aromatic heterocycles. The van der Waals surface area contributed by atoms with Crippen molar-refractivity contribution >= 4 is 11.6 Å². The highest BCUT2D eigenvalue weighted by atomic mass is 35.5. The van der Waals surface area contributed by atoms with Gasteiger partial charge < -0.3 is 4.74 Å². The Bertz CT molecular complexity index is 1560. The van der Waals surface area contributed by atoms with Gasteiger partial charge in [0.1, 0.15) is 46.0 Å². The second-order valence-corrected chi connectivity index (χ2v) is 10.1. The van der Waals surface area contributed by atoms with Crippen LogP contribution in [0.5, 0.6) is 5.75 Å². The van der Waals surface area contributed by atoms with Crippen LogP contribution in [0.2, 0.25) is 5.02 Å². The third-order valence-electron chi connectivity index (χ3n) is 6.57. The summed E-state index contributed by atoms with van der Waals surface area (Å²) in [6.07, 6.45) is -6.41. The molecule has 1 nitrogen and oxygen atoms in total. The van der Waals surface area contributed by atoms with Crippen LogP contribution >= 0.6 is 11.6 Å². The summed E-state index contributed by atoms with van der Waals surface area (Å²) in [7, 11) is 0. The van der Waals surface area contributed by atoms with Gasteiger partial charge in [0.2, 0.25) is 0 Å². The Kier molecular flexibility index (Phi) is 9.34. The smallest absolute Gasteiger partial charge is 0.429 e. The van der Waals surface area contributed by atoms with E-state index in [-0.39, 0.29) is 17.2 Å². The summed E-state index contributed by atoms with van der Waals surface area (Å²) in [6.45, 7) is 2.09. The van der Waals surface area contributed by atoms with E-state index in [4.69, 9.17) is 11.6 Å². The van der Waals surface area contributed by atoms with Crippen LogP contribution in [0.3, 0.4) is 0 Å². The Labute approximate surface area is 244 Å². The summed E-state index contributed by atoms with van der Waals surface area (Å²) in [5, 5.41) is -0.285. The number of alkyl halides is 5. The second-order valence-electron chi connectivity index (χ2n) is 9.66. The summed E-state index contributed by atoms with van der Waals surface area (Å²) in [5.74, 6) is -11.0. The molecule has 0 N–H and O–H groups in total. The minimum atomic E-state index is -5.49. The van der Waals surface area contributed by atoms with Crippen molar-refractivity contribution in [3.05, 3.63) is 111 Å². The van der Waals surface area contributed by atoms with Crippen LogP contribution in [0, 0.1) is 29.1 Å². The molecule has 0 aliphatic rings. The first kappa shape index (κ1) is 32.2. The van der Waals surface area contributed by atoms with Crippen LogP contribution in [0.4, 0.5) is 43.9 Å². The van der Waals surface area contributed by atoms with E-state index in [9.17, 15) is 39.5 Å². The van der Waals surface area contributed by atoms with Gasteiger partial charge in [0.25, 0.3) is 0 Å². The van der Waals surface area contributed by atoms with Crippen molar-refractivity contribution in [2.45, 2.75) is 44.9 Å².